The van der Waals surface area contributed by atoms with Gasteiger partial charge in [0.25, 0.3) is 0 Å². The van der Waals surface area contributed by atoms with Gasteiger partial charge in [-0.3, -0.25) is 4.79 Å². The summed E-state index contributed by atoms with van der Waals surface area (Å²) in [6.45, 7) is 1.70. The molecule has 6 heteroatoms. The zero-order chi connectivity index (χ0) is 17.9. The molecule has 6 nitrogen and oxygen atoms in total. The number of carbonyl (C=O) groups excluding carboxylic acids is 1. The van der Waals surface area contributed by atoms with E-state index in [1.54, 1.807) is 13.4 Å². The van der Waals surface area contributed by atoms with Gasteiger partial charge in [0.05, 0.1) is 12.8 Å². The molecule has 1 amide bonds. The summed E-state index contributed by atoms with van der Waals surface area (Å²) in [6, 6.07) is 10.3. The summed E-state index contributed by atoms with van der Waals surface area (Å²) in [5.74, 6) is 2.12. The number of ether oxygens (including phenoxy) is 1. The van der Waals surface area contributed by atoms with Gasteiger partial charge in [-0.15, -0.1) is 0 Å². The first-order chi connectivity index (χ1) is 12.7. The number of hydrogen-bond donors (Lipinski definition) is 1. The average Bonchev–Trinajstić information content (AvgIpc) is 3.52. The Bertz CT molecular complexity index is 766. The lowest BCUT2D eigenvalue weighted by molar-refractivity contribution is -0.125. The molecule has 136 valence electrons. The van der Waals surface area contributed by atoms with Crippen molar-refractivity contribution in [3.05, 3.63) is 36.7 Å². The van der Waals surface area contributed by atoms with Crippen LogP contribution in [0, 0.1) is 5.92 Å². The molecule has 0 radical (unpaired) electrons. The molecule has 2 heterocycles. The molecule has 1 aliphatic carbocycles. The van der Waals surface area contributed by atoms with Gasteiger partial charge in [0.15, 0.2) is 0 Å². The fourth-order valence-electron chi connectivity index (χ4n) is 3.36. The maximum absolute atomic E-state index is 12.2. The minimum absolute atomic E-state index is 0.134. The second-order valence-corrected chi connectivity index (χ2v) is 7.03. The van der Waals surface area contributed by atoms with Crippen molar-refractivity contribution >= 4 is 11.7 Å². The summed E-state index contributed by atoms with van der Waals surface area (Å²) in [6.07, 6.45) is 5.64. The first-order valence-corrected chi connectivity index (χ1v) is 9.25. The van der Waals surface area contributed by atoms with Crippen molar-refractivity contribution < 1.29 is 9.53 Å². The third-order valence-electron chi connectivity index (χ3n) is 5.15. The highest BCUT2D eigenvalue weighted by Gasteiger charge is 2.30. The monoisotopic (exact) mass is 352 g/mol. The second-order valence-electron chi connectivity index (χ2n) is 7.03. The molecule has 2 aliphatic rings. The Morgan fingerprint density at radius 1 is 1.12 bits per heavy atom. The summed E-state index contributed by atoms with van der Waals surface area (Å²) < 4.78 is 5.21. The Morgan fingerprint density at radius 2 is 1.85 bits per heavy atom. The van der Waals surface area contributed by atoms with Crippen LogP contribution in [0.15, 0.2) is 36.7 Å². The van der Waals surface area contributed by atoms with E-state index in [-0.39, 0.29) is 11.8 Å². The standard InChI is InChI=1S/C20H24N4O2/c1-26-17-6-2-14(3-7-17)18-12-19(22-13-21-18)24-10-8-15(9-11-24)20(25)23-16-4-5-16/h2-3,6-7,12-13,15-16H,4-5,8-11H2,1H3,(H,23,25). The Balaban J connectivity index is 1.41. The number of hydrogen-bond acceptors (Lipinski definition) is 5. The zero-order valence-corrected chi connectivity index (χ0v) is 15.0. The van der Waals surface area contributed by atoms with Crippen LogP contribution >= 0.6 is 0 Å². The molecular weight excluding hydrogens is 328 g/mol. The molecule has 2 aromatic rings. The highest BCUT2D eigenvalue weighted by Crippen LogP contribution is 2.27. The number of aromatic nitrogens is 2. The molecule has 1 aromatic carbocycles. The van der Waals surface area contributed by atoms with Crippen molar-refractivity contribution in [2.24, 2.45) is 5.92 Å². The predicted molar refractivity (Wildman–Crippen MR) is 100 cm³/mol. The van der Waals surface area contributed by atoms with Crippen LogP contribution in [-0.4, -0.2) is 42.1 Å². The van der Waals surface area contributed by atoms with Gasteiger partial charge in [-0.05, 0) is 49.9 Å². The van der Waals surface area contributed by atoms with E-state index in [9.17, 15) is 4.79 Å². The summed E-state index contributed by atoms with van der Waals surface area (Å²) in [5, 5.41) is 3.12. The first kappa shape index (κ1) is 16.8. The van der Waals surface area contributed by atoms with E-state index in [1.165, 1.54) is 0 Å². The van der Waals surface area contributed by atoms with Gasteiger partial charge in [-0.2, -0.15) is 0 Å². The molecule has 0 spiro atoms. The number of rotatable bonds is 5. The SMILES string of the molecule is COc1ccc(-c2cc(N3CCC(C(=O)NC4CC4)CC3)ncn2)cc1. The number of piperidine rings is 1. The Morgan fingerprint density at radius 3 is 2.50 bits per heavy atom. The third kappa shape index (κ3) is 3.79. The summed E-state index contributed by atoms with van der Waals surface area (Å²) in [7, 11) is 1.66. The lowest BCUT2D eigenvalue weighted by Crippen LogP contribution is -2.41. The van der Waals surface area contributed by atoms with Gasteiger partial charge < -0.3 is 15.0 Å². The van der Waals surface area contributed by atoms with Crippen molar-refractivity contribution in [2.45, 2.75) is 31.7 Å². The van der Waals surface area contributed by atoms with Crippen LogP contribution < -0.4 is 15.0 Å². The molecular formula is C20H24N4O2. The number of nitrogens with zero attached hydrogens (tertiary/aromatic N) is 3. The number of methoxy groups -OCH3 is 1. The topological polar surface area (TPSA) is 67.3 Å². The van der Waals surface area contributed by atoms with Gasteiger partial charge in [0, 0.05) is 36.7 Å². The fraction of sp³-hybridized carbons (Fsp3) is 0.450. The fourth-order valence-corrected chi connectivity index (χ4v) is 3.36. The lowest BCUT2D eigenvalue weighted by atomic mass is 9.96. The van der Waals surface area contributed by atoms with Gasteiger partial charge in [0.2, 0.25) is 5.91 Å². The molecule has 0 bridgehead atoms. The zero-order valence-electron chi connectivity index (χ0n) is 15.0. The number of nitrogens with one attached hydrogen (secondary N) is 1. The summed E-state index contributed by atoms with van der Waals surface area (Å²) in [4.78, 5) is 23.3. The number of anilines is 1. The quantitative estimate of drug-likeness (QED) is 0.896. The van der Waals surface area contributed by atoms with Crippen molar-refractivity contribution in [3.8, 4) is 17.0 Å². The van der Waals surface area contributed by atoms with E-state index >= 15 is 0 Å². The minimum atomic E-state index is 0.134. The molecule has 1 aromatic heterocycles. The Labute approximate surface area is 153 Å². The molecule has 2 fully saturated rings. The maximum atomic E-state index is 12.2. The van der Waals surface area contributed by atoms with E-state index in [2.05, 4.69) is 20.2 Å². The molecule has 1 saturated carbocycles. The summed E-state index contributed by atoms with van der Waals surface area (Å²) >= 11 is 0. The smallest absolute Gasteiger partial charge is 0.223 e. The molecule has 1 aliphatic heterocycles. The molecule has 0 atom stereocenters. The first-order valence-electron chi connectivity index (χ1n) is 9.25. The van der Waals surface area contributed by atoms with Crippen LogP contribution in [0.1, 0.15) is 25.7 Å². The van der Waals surface area contributed by atoms with Crippen molar-refractivity contribution in [2.75, 3.05) is 25.1 Å². The van der Waals surface area contributed by atoms with Gasteiger partial charge >= 0.3 is 0 Å². The van der Waals surface area contributed by atoms with Crippen molar-refractivity contribution in [1.29, 1.82) is 0 Å². The minimum Gasteiger partial charge on any atom is -0.497 e. The van der Waals surface area contributed by atoms with Crippen LogP contribution in [0.4, 0.5) is 5.82 Å². The van der Waals surface area contributed by atoms with Gasteiger partial charge in [0.1, 0.15) is 17.9 Å². The van der Waals surface area contributed by atoms with Crippen LogP contribution in [-0.2, 0) is 4.79 Å². The number of amides is 1. The molecule has 0 unspecified atom stereocenters. The molecule has 4 rings (SSSR count). The maximum Gasteiger partial charge on any atom is 0.223 e. The highest BCUT2D eigenvalue weighted by atomic mass is 16.5. The van der Waals surface area contributed by atoms with E-state index in [0.717, 1.165) is 61.6 Å². The number of carbonyl (C=O) groups is 1. The Kier molecular flexibility index (Phi) is 4.73. The van der Waals surface area contributed by atoms with Crippen molar-refractivity contribution in [3.63, 3.8) is 0 Å². The lowest BCUT2D eigenvalue weighted by Gasteiger charge is -2.32. The van der Waals surface area contributed by atoms with Crippen LogP contribution in [0.5, 0.6) is 5.75 Å². The van der Waals surface area contributed by atoms with Crippen LogP contribution in [0.2, 0.25) is 0 Å². The van der Waals surface area contributed by atoms with Crippen LogP contribution in [0.3, 0.4) is 0 Å². The van der Waals surface area contributed by atoms with E-state index in [1.807, 2.05) is 30.3 Å². The molecule has 26 heavy (non-hydrogen) atoms. The largest absolute Gasteiger partial charge is 0.497 e. The van der Waals surface area contributed by atoms with Gasteiger partial charge in [-0.1, -0.05) is 0 Å². The van der Waals surface area contributed by atoms with Gasteiger partial charge in [-0.25, -0.2) is 9.97 Å². The molecule has 1 saturated heterocycles. The van der Waals surface area contributed by atoms with E-state index < -0.39 is 0 Å². The normalized spacial score (nSPS) is 17.8. The third-order valence-corrected chi connectivity index (χ3v) is 5.15. The highest BCUT2D eigenvalue weighted by molar-refractivity contribution is 5.79. The predicted octanol–water partition coefficient (Wildman–Crippen LogP) is 2.65. The average molecular weight is 352 g/mol. The van der Waals surface area contributed by atoms with Crippen LogP contribution in [0.25, 0.3) is 11.3 Å². The van der Waals surface area contributed by atoms with E-state index in [4.69, 9.17) is 4.74 Å². The molecule has 1 N–H and O–H groups in total. The van der Waals surface area contributed by atoms with E-state index in [0.29, 0.717) is 6.04 Å². The number of benzene rings is 1. The second kappa shape index (κ2) is 7.32. The summed E-state index contributed by atoms with van der Waals surface area (Å²) in [5.41, 5.74) is 1.93. The Hall–Kier alpha value is -2.63. The van der Waals surface area contributed by atoms with Crippen molar-refractivity contribution in [1.82, 2.24) is 15.3 Å².